The number of nitrogens with zero attached hydrogens (tertiary/aromatic N) is 1. The van der Waals surface area contributed by atoms with Crippen molar-refractivity contribution < 1.29 is 4.74 Å². The van der Waals surface area contributed by atoms with E-state index in [4.69, 9.17) is 4.74 Å². The second-order valence-corrected chi connectivity index (χ2v) is 5.90. The van der Waals surface area contributed by atoms with E-state index in [2.05, 4.69) is 29.4 Å². The van der Waals surface area contributed by atoms with E-state index < -0.39 is 0 Å². The zero-order valence-corrected chi connectivity index (χ0v) is 12.9. The van der Waals surface area contributed by atoms with Gasteiger partial charge in [-0.3, -0.25) is 0 Å². The highest BCUT2D eigenvalue weighted by Gasteiger charge is 2.13. The normalized spacial score (nSPS) is 19.2. The van der Waals surface area contributed by atoms with Crippen molar-refractivity contribution in [3.8, 4) is 5.75 Å². The van der Waals surface area contributed by atoms with Crippen LogP contribution in [0.4, 0.5) is 0 Å². The molecule has 0 aromatic heterocycles. The van der Waals surface area contributed by atoms with Crippen molar-refractivity contribution >= 4 is 0 Å². The van der Waals surface area contributed by atoms with Crippen LogP contribution in [-0.2, 0) is 6.54 Å². The molecule has 1 aromatic rings. The third-order valence-electron chi connectivity index (χ3n) is 4.18. The number of methoxy groups -OCH3 is 1. The molecule has 1 unspecified atom stereocenters. The molecule has 1 aliphatic rings. The van der Waals surface area contributed by atoms with Crippen LogP contribution in [-0.4, -0.2) is 38.7 Å². The van der Waals surface area contributed by atoms with Crippen molar-refractivity contribution in [1.82, 2.24) is 10.2 Å². The van der Waals surface area contributed by atoms with E-state index in [1.165, 1.54) is 44.3 Å². The summed E-state index contributed by atoms with van der Waals surface area (Å²) in [7, 11) is 3.94. The first-order valence-electron chi connectivity index (χ1n) is 7.80. The number of ether oxygens (including phenoxy) is 1. The molecule has 3 nitrogen and oxygen atoms in total. The predicted octanol–water partition coefficient (Wildman–Crippen LogP) is 2.91. The topological polar surface area (TPSA) is 24.5 Å². The SMILES string of the molecule is COc1ccccc1CN(C)CCCC1CCCNC1. The highest BCUT2D eigenvalue weighted by Crippen LogP contribution is 2.20. The van der Waals surface area contributed by atoms with Gasteiger partial charge in [-0.2, -0.15) is 0 Å². The fourth-order valence-corrected chi connectivity index (χ4v) is 3.02. The van der Waals surface area contributed by atoms with Gasteiger partial charge in [0.15, 0.2) is 0 Å². The van der Waals surface area contributed by atoms with E-state index >= 15 is 0 Å². The van der Waals surface area contributed by atoms with Gasteiger partial charge in [0, 0.05) is 12.1 Å². The molecule has 0 aliphatic carbocycles. The zero-order chi connectivity index (χ0) is 14.2. The molecule has 112 valence electrons. The minimum atomic E-state index is 0.892. The number of para-hydroxylation sites is 1. The third kappa shape index (κ3) is 4.80. The Bertz CT molecular complexity index is 388. The van der Waals surface area contributed by atoms with E-state index in [-0.39, 0.29) is 0 Å². The second kappa shape index (κ2) is 8.28. The molecular formula is C17H28N2O. The lowest BCUT2D eigenvalue weighted by Gasteiger charge is -2.24. The monoisotopic (exact) mass is 276 g/mol. The number of rotatable bonds is 7. The molecule has 0 bridgehead atoms. The first-order valence-corrected chi connectivity index (χ1v) is 7.80. The Labute approximate surface area is 123 Å². The van der Waals surface area contributed by atoms with Crippen LogP contribution >= 0.6 is 0 Å². The summed E-state index contributed by atoms with van der Waals surface area (Å²) in [6.07, 6.45) is 5.40. The van der Waals surface area contributed by atoms with Gasteiger partial charge in [0.2, 0.25) is 0 Å². The molecule has 1 N–H and O–H groups in total. The maximum absolute atomic E-state index is 5.41. The summed E-state index contributed by atoms with van der Waals surface area (Å²) in [5, 5.41) is 3.50. The Hall–Kier alpha value is -1.06. The van der Waals surface area contributed by atoms with Crippen LogP contribution in [0.2, 0.25) is 0 Å². The van der Waals surface area contributed by atoms with Crippen molar-refractivity contribution in [3.05, 3.63) is 29.8 Å². The minimum Gasteiger partial charge on any atom is -0.496 e. The number of hydrogen-bond acceptors (Lipinski definition) is 3. The molecular weight excluding hydrogens is 248 g/mol. The minimum absolute atomic E-state index is 0.892. The predicted molar refractivity (Wildman–Crippen MR) is 84.2 cm³/mol. The molecule has 0 saturated carbocycles. The molecule has 2 rings (SSSR count). The summed E-state index contributed by atoms with van der Waals surface area (Å²) in [6.45, 7) is 4.56. The van der Waals surface area contributed by atoms with Crippen molar-refractivity contribution in [2.24, 2.45) is 5.92 Å². The van der Waals surface area contributed by atoms with E-state index in [1.807, 2.05) is 12.1 Å². The van der Waals surface area contributed by atoms with Crippen molar-refractivity contribution in [2.75, 3.05) is 33.8 Å². The lowest BCUT2D eigenvalue weighted by atomic mass is 9.95. The molecule has 20 heavy (non-hydrogen) atoms. The molecule has 1 saturated heterocycles. The maximum Gasteiger partial charge on any atom is 0.123 e. The summed E-state index contributed by atoms with van der Waals surface area (Å²) in [5.41, 5.74) is 1.27. The van der Waals surface area contributed by atoms with E-state index in [1.54, 1.807) is 7.11 Å². The van der Waals surface area contributed by atoms with Crippen LogP contribution in [0.5, 0.6) is 5.75 Å². The van der Waals surface area contributed by atoms with Crippen LogP contribution in [0.3, 0.4) is 0 Å². The zero-order valence-electron chi connectivity index (χ0n) is 12.9. The largest absolute Gasteiger partial charge is 0.496 e. The Morgan fingerprint density at radius 2 is 2.20 bits per heavy atom. The standard InChI is InChI=1S/C17H28N2O/c1-19(12-6-8-15-7-5-11-18-13-15)14-16-9-3-4-10-17(16)20-2/h3-4,9-10,15,18H,5-8,11-14H2,1-2H3. The molecule has 0 radical (unpaired) electrons. The molecule has 1 aromatic carbocycles. The first kappa shape index (κ1) is 15.3. The van der Waals surface area contributed by atoms with Gasteiger partial charge < -0.3 is 15.0 Å². The van der Waals surface area contributed by atoms with Crippen LogP contribution in [0.1, 0.15) is 31.2 Å². The third-order valence-corrected chi connectivity index (χ3v) is 4.18. The summed E-state index contributed by atoms with van der Waals surface area (Å²) in [5.74, 6) is 1.89. The van der Waals surface area contributed by atoms with E-state index in [9.17, 15) is 0 Å². The summed E-state index contributed by atoms with van der Waals surface area (Å²) in [4.78, 5) is 2.40. The fourth-order valence-electron chi connectivity index (χ4n) is 3.02. The lowest BCUT2D eigenvalue weighted by molar-refractivity contribution is 0.283. The second-order valence-electron chi connectivity index (χ2n) is 5.90. The van der Waals surface area contributed by atoms with Crippen molar-refractivity contribution in [2.45, 2.75) is 32.2 Å². The van der Waals surface area contributed by atoms with Crippen LogP contribution in [0, 0.1) is 5.92 Å². The van der Waals surface area contributed by atoms with Gasteiger partial charge in [0.25, 0.3) is 0 Å². The Morgan fingerprint density at radius 1 is 1.35 bits per heavy atom. The van der Waals surface area contributed by atoms with Gasteiger partial charge in [0.05, 0.1) is 7.11 Å². The molecule has 3 heteroatoms. The first-order chi connectivity index (χ1) is 9.79. The number of piperidine rings is 1. The van der Waals surface area contributed by atoms with Gasteiger partial charge >= 0.3 is 0 Å². The molecule has 1 heterocycles. The van der Waals surface area contributed by atoms with Gasteiger partial charge in [0.1, 0.15) is 5.75 Å². The quantitative estimate of drug-likeness (QED) is 0.829. The number of hydrogen-bond donors (Lipinski definition) is 1. The summed E-state index contributed by atoms with van der Waals surface area (Å²) < 4.78 is 5.41. The molecule has 1 aliphatic heterocycles. The van der Waals surface area contributed by atoms with Gasteiger partial charge in [-0.15, -0.1) is 0 Å². The van der Waals surface area contributed by atoms with Crippen LogP contribution < -0.4 is 10.1 Å². The maximum atomic E-state index is 5.41. The molecule has 1 atom stereocenters. The van der Waals surface area contributed by atoms with Crippen LogP contribution in [0.25, 0.3) is 0 Å². The van der Waals surface area contributed by atoms with Crippen molar-refractivity contribution in [3.63, 3.8) is 0 Å². The summed E-state index contributed by atoms with van der Waals surface area (Å²) in [6, 6.07) is 8.30. The molecule has 0 amide bonds. The van der Waals surface area contributed by atoms with E-state index in [0.717, 1.165) is 24.8 Å². The van der Waals surface area contributed by atoms with Crippen LogP contribution in [0.15, 0.2) is 24.3 Å². The highest BCUT2D eigenvalue weighted by molar-refractivity contribution is 5.32. The Morgan fingerprint density at radius 3 is 2.95 bits per heavy atom. The highest BCUT2D eigenvalue weighted by atomic mass is 16.5. The number of nitrogens with one attached hydrogen (secondary N) is 1. The van der Waals surface area contributed by atoms with Gasteiger partial charge in [-0.1, -0.05) is 18.2 Å². The summed E-state index contributed by atoms with van der Waals surface area (Å²) >= 11 is 0. The lowest BCUT2D eigenvalue weighted by Crippen LogP contribution is -2.30. The fraction of sp³-hybridized carbons (Fsp3) is 0.647. The van der Waals surface area contributed by atoms with Crippen molar-refractivity contribution in [1.29, 1.82) is 0 Å². The van der Waals surface area contributed by atoms with E-state index in [0.29, 0.717) is 0 Å². The number of benzene rings is 1. The smallest absolute Gasteiger partial charge is 0.123 e. The Balaban J connectivity index is 1.70. The average Bonchev–Trinajstić information content (AvgIpc) is 2.49. The molecule has 0 spiro atoms. The van der Waals surface area contributed by atoms with Gasteiger partial charge in [-0.05, 0) is 64.3 Å². The Kier molecular flexibility index (Phi) is 6.34. The average molecular weight is 276 g/mol. The molecule has 1 fully saturated rings. The van der Waals surface area contributed by atoms with Gasteiger partial charge in [-0.25, -0.2) is 0 Å².